The van der Waals surface area contributed by atoms with E-state index in [1.807, 2.05) is 48.5 Å². The summed E-state index contributed by atoms with van der Waals surface area (Å²) in [7, 11) is 1.58. The van der Waals surface area contributed by atoms with Crippen molar-refractivity contribution in [2.75, 3.05) is 20.3 Å². The molecule has 0 radical (unpaired) electrons. The smallest absolute Gasteiger partial charge is 0.426 e. The number of aromatic nitrogens is 1. The summed E-state index contributed by atoms with van der Waals surface area (Å²) in [6.07, 6.45) is 0.487. The lowest BCUT2D eigenvalue weighted by atomic mass is 10.1. The summed E-state index contributed by atoms with van der Waals surface area (Å²) in [6.45, 7) is 10.7. The molecule has 1 saturated carbocycles. The Morgan fingerprint density at radius 1 is 1.08 bits per heavy atom. The summed E-state index contributed by atoms with van der Waals surface area (Å²) in [4.78, 5) is 58.6. The number of urea groups is 1. The number of nitrogens with one attached hydrogen (secondary N) is 3. The van der Waals surface area contributed by atoms with Crippen molar-refractivity contribution in [1.29, 1.82) is 0 Å². The molecule has 0 bridgehead atoms. The number of hydrazine groups is 1. The third-order valence-electron chi connectivity index (χ3n) is 8.12. The number of ether oxygens (including phenoxy) is 4. The van der Waals surface area contributed by atoms with Gasteiger partial charge in [0.25, 0.3) is 0 Å². The lowest BCUT2D eigenvalue weighted by Gasteiger charge is -2.26. The molecule has 0 spiro atoms. The predicted octanol–water partition coefficient (Wildman–Crippen LogP) is 4.51. The average molecular weight is 660 g/mol. The maximum Gasteiger partial charge on any atom is 0.426 e. The molecule has 5 rings (SSSR count). The predicted molar refractivity (Wildman–Crippen MR) is 177 cm³/mol. The lowest BCUT2D eigenvalue weighted by molar-refractivity contribution is -0.149. The van der Waals surface area contributed by atoms with Crippen LogP contribution in [0.1, 0.15) is 40.5 Å². The van der Waals surface area contributed by atoms with Gasteiger partial charge in [-0.3, -0.25) is 4.79 Å². The Balaban J connectivity index is 1.43. The molecular weight excluding hydrogens is 618 g/mol. The van der Waals surface area contributed by atoms with Gasteiger partial charge in [-0.25, -0.2) is 30.2 Å². The van der Waals surface area contributed by atoms with E-state index in [0.29, 0.717) is 34.5 Å². The average Bonchev–Trinajstić information content (AvgIpc) is 3.61. The van der Waals surface area contributed by atoms with E-state index >= 15 is 0 Å². The maximum atomic E-state index is 13.9. The Labute approximate surface area is 278 Å². The van der Waals surface area contributed by atoms with E-state index in [-0.39, 0.29) is 25.5 Å². The number of esters is 1. The molecule has 1 aliphatic heterocycles. The summed E-state index contributed by atoms with van der Waals surface area (Å²) in [5, 5.41) is 3.54. The number of pyridine rings is 1. The number of carbonyl (C=O) groups excluding carboxylic acids is 4. The van der Waals surface area contributed by atoms with Crippen molar-refractivity contribution in [1.82, 2.24) is 26.1 Å². The second-order valence-corrected chi connectivity index (χ2v) is 12.7. The van der Waals surface area contributed by atoms with Crippen molar-refractivity contribution in [3.63, 3.8) is 0 Å². The van der Waals surface area contributed by atoms with Gasteiger partial charge in [-0.05, 0) is 46.2 Å². The maximum absolute atomic E-state index is 13.9. The molecule has 2 aromatic carbocycles. The van der Waals surface area contributed by atoms with Gasteiger partial charge in [0.2, 0.25) is 5.91 Å². The fourth-order valence-electron chi connectivity index (χ4n) is 5.74. The molecule has 1 saturated heterocycles. The minimum atomic E-state index is -1.27. The van der Waals surface area contributed by atoms with E-state index in [1.165, 1.54) is 4.90 Å². The molecule has 3 N–H and O–H groups in total. The summed E-state index contributed by atoms with van der Waals surface area (Å²) in [5.74, 6) is -0.333. The molecule has 3 aromatic rings. The Bertz CT molecular complexity index is 1710. The van der Waals surface area contributed by atoms with Crippen LogP contribution < -0.4 is 25.6 Å². The van der Waals surface area contributed by atoms with Gasteiger partial charge in [0.1, 0.15) is 34.8 Å². The van der Waals surface area contributed by atoms with E-state index in [9.17, 15) is 19.2 Å². The van der Waals surface area contributed by atoms with Crippen molar-refractivity contribution >= 4 is 34.9 Å². The van der Waals surface area contributed by atoms with Gasteiger partial charge in [0.15, 0.2) is 0 Å². The monoisotopic (exact) mass is 659 g/mol. The van der Waals surface area contributed by atoms with Crippen molar-refractivity contribution in [2.24, 2.45) is 5.92 Å². The Kier molecular flexibility index (Phi) is 9.78. The summed E-state index contributed by atoms with van der Waals surface area (Å²) < 4.78 is 22.4. The first-order valence-electron chi connectivity index (χ1n) is 15.8. The minimum absolute atomic E-state index is 0.0160. The second kappa shape index (κ2) is 13.8. The fourth-order valence-corrected chi connectivity index (χ4v) is 5.74. The minimum Gasteiger partial charge on any atom is -0.497 e. The summed E-state index contributed by atoms with van der Waals surface area (Å²) >= 11 is 0. The van der Waals surface area contributed by atoms with Crippen LogP contribution in [-0.4, -0.2) is 77.4 Å². The van der Waals surface area contributed by atoms with Gasteiger partial charge in [0.05, 0.1) is 31.5 Å². The number of nitrogens with zero attached hydrogens (tertiary/aromatic N) is 2. The Hall–Kier alpha value is -5.33. The molecule has 13 heteroatoms. The van der Waals surface area contributed by atoms with Crippen LogP contribution in [0.25, 0.3) is 22.2 Å². The van der Waals surface area contributed by atoms with Gasteiger partial charge >= 0.3 is 18.1 Å². The zero-order valence-corrected chi connectivity index (χ0v) is 27.7. The number of amides is 4. The number of likely N-dealkylation sites (tertiary alicyclic amines) is 1. The number of methoxy groups -OCH3 is 1. The quantitative estimate of drug-likeness (QED) is 0.171. The van der Waals surface area contributed by atoms with Crippen LogP contribution in [-0.2, 0) is 19.1 Å². The first-order valence-corrected chi connectivity index (χ1v) is 15.8. The highest BCUT2D eigenvalue weighted by Gasteiger charge is 2.62. The molecule has 254 valence electrons. The Morgan fingerprint density at radius 3 is 2.48 bits per heavy atom. The number of carbonyl (C=O) groups is 4. The van der Waals surface area contributed by atoms with Crippen molar-refractivity contribution in [2.45, 2.75) is 63.8 Å². The topological polar surface area (TPSA) is 157 Å². The van der Waals surface area contributed by atoms with Crippen LogP contribution in [0.4, 0.5) is 9.59 Å². The van der Waals surface area contributed by atoms with Crippen molar-refractivity contribution < 1.29 is 38.1 Å². The number of benzene rings is 2. The molecule has 4 amide bonds. The highest BCUT2D eigenvalue weighted by Crippen LogP contribution is 2.46. The zero-order chi connectivity index (χ0) is 34.6. The van der Waals surface area contributed by atoms with Gasteiger partial charge in [0, 0.05) is 35.4 Å². The van der Waals surface area contributed by atoms with Gasteiger partial charge in [-0.1, -0.05) is 36.4 Å². The summed E-state index contributed by atoms with van der Waals surface area (Å²) in [5.41, 5.74) is 4.66. The molecule has 1 aliphatic carbocycles. The number of hydrogen-bond donors (Lipinski definition) is 3. The van der Waals surface area contributed by atoms with Crippen LogP contribution in [0.3, 0.4) is 0 Å². The summed E-state index contributed by atoms with van der Waals surface area (Å²) in [6, 6.07) is 15.1. The van der Waals surface area contributed by atoms with E-state index in [4.69, 9.17) is 23.9 Å². The second-order valence-electron chi connectivity index (χ2n) is 12.7. The zero-order valence-electron chi connectivity index (χ0n) is 27.7. The highest BCUT2D eigenvalue weighted by atomic mass is 16.6. The van der Waals surface area contributed by atoms with Crippen LogP contribution in [0.2, 0.25) is 0 Å². The fraction of sp³-hybridized carbons (Fsp3) is 0.400. The van der Waals surface area contributed by atoms with Crippen LogP contribution in [0.15, 0.2) is 67.3 Å². The largest absolute Gasteiger partial charge is 0.497 e. The van der Waals surface area contributed by atoms with E-state index in [1.54, 1.807) is 46.9 Å². The van der Waals surface area contributed by atoms with Crippen LogP contribution in [0.5, 0.6) is 11.5 Å². The van der Waals surface area contributed by atoms with Crippen LogP contribution in [0, 0.1) is 5.92 Å². The standard InChI is InChI=1S/C35H41N5O8/c1-7-22-19-35(22,31(42)46-8-2)37-30(41)28-17-24(20-40(28)32(43)38-39-33(44)48-34(3,4)5)47-29-18-26(21-12-10-9-11-13-21)36-27-16-23(45-6)14-15-25(27)29/h7,9-16,18,22,24,28H,1,8,17,19-20H2,2-6H3,(H,37,41)(H,38,43)(H,39,44)/t22-,24-,28+,35-/m1/s1. The number of hydrogen-bond acceptors (Lipinski definition) is 9. The molecule has 13 nitrogen and oxygen atoms in total. The molecule has 0 unspecified atom stereocenters. The molecule has 2 aliphatic rings. The van der Waals surface area contributed by atoms with Gasteiger partial charge < -0.3 is 29.2 Å². The highest BCUT2D eigenvalue weighted by molar-refractivity contribution is 5.95. The van der Waals surface area contributed by atoms with Gasteiger partial charge in [-0.2, -0.15) is 0 Å². The molecule has 4 atom stereocenters. The first kappa shape index (κ1) is 34.0. The number of rotatable bonds is 9. The van der Waals surface area contributed by atoms with Gasteiger partial charge in [-0.15, -0.1) is 6.58 Å². The lowest BCUT2D eigenvalue weighted by Crippen LogP contribution is -2.57. The third-order valence-corrected chi connectivity index (χ3v) is 8.12. The Morgan fingerprint density at radius 2 is 1.83 bits per heavy atom. The molecule has 48 heavy (non-hydrogen) atoms. The molecule has 2 heterocycles. The van der Waals surface area contributed by atoms with Crippen molar-refractivity contribution in [3.8, 4) is 22.8 Å². The van der Waals surface area contributed by atoms with E-state index in [2.05, 4.69) is 22.7 Å². The number of fused-ring (bicyclic) bond motifs is 1. The van der Waals surface area contributed by atoms with E-state index < -0.39 is 47.3 Å². The van der Waals surface area contributed by atoms with Crippen LogP contribution >= 0.6 is 0 Å². The molecule has 1 aromatic heterocycles. The normalized spacial score (nSPS) is 21.5. The SMILES string of the molecule is C=C[C@@H]1C[C@]1(NC(=O)[C@@H]1C[C@@H](Oc2cc(-c3ccccc3)nc3cc(OC)ccc23)CN1C(=O)NNC(=O)OC(C)(C)C)C(=O)OCC. The third kappa shape index (κ3) is 7.45. The molecule has 2 fully saturated rings. The molecular formula is C35H41N5O8. The van der Waals surface area contributed by atoms with E-state index in [0.717, 1.165) is 5.56 Å². The first-order chi connectivity index (χ1) is 22.9. The van der Waals surface area contributed by atoms with Crippen molar-refractivity contribution in [3.05, 3.63) is 67.3 Å².